The fraction of sp³-hybridized carbons (Fsp3) is 0.641. The molecule has 0 heterocycles. The van der Waals surface area contributed by atoms with Gasteiger partial charge in [-0.05, 0) is 80.8 Å². The summed E-state index contributed by atoms with van der Waals surface area (Å²) in [6.45, 7) is 16.8. The van der Waals surface area contributed by atoms with Crippen LogP contribution in [-0.4, -0.2) is 49.3 Å². The number of carbonyl (C=O) groups is 2. The number of aliphatic hydroxyl groups is 1. The van der Waals surface area contributed by atoms with Gasteiger partial charge in [0, 0.05) is 12.3 Å². The highest BCUT2D eigenvalue weighted by molar-refractivity contribution is 6.74. The first kappa shape index (κ1) is 37.1. The van der Waals surface area contributed by atoms with Gasteiger partial charge in [-0.25, -0.2) is 4.79 Å². The lowest BCUT2D eigenvalue weighted by Gasteiger charge is -2.43. The van der Waals surface area contributed by atoms with E-state index in [0.29, 0.717) is 25.2 Å². The molecule has 0 radical (unpaired) electrons. The maximum Gasteiger partial charge on any atom is 0.407 e. The molecule has 2 amide bonds. The molecule has 0 unspecified atom stereocenters. The van der Waals surface area contributed by atoms with Gasteiger partial charge in [0.25, 0.3) is 0 Å². The van der Waals surface area contributed by atoms with Gasteiger partial charge >= 0.3 is 6.09 Å². The van der Waals surface area contributed by atoms with Crippen LogP contribution in [0.4, 0.5) is 4.79 Å². The van der Waals surface area contributed by atoms with E-state index in [4.69, 9.17) is 9.16 Å². The summed E-state index contributed by atoms with van der Waals surface area (Å²) in [7, 11) is -2.35. The van der Waals surface area contributed by atoms with Gasteiger partial charge in [0.1, 0.15) is 5.60 Å². The predicted molar refractivity (Wildman–Crippen MR) is 192 cm³/mol. The lowest BCUT2D eigenvalue weighted by Crippen LogP contribution is -2.54. The number of benzene rings is 2. The predicted octanol–water partition coefficient (Wildman–Crippen LogP) is 8.26. The summed E-state index contributed by atoms with van der Waals surface area (Å²) >= 11 is 0. The molecule has 0 bridgehead atoms. The van der Waals surface area contributed by atoms with E-state index in [0.717, 1.165) is 36.0 Å². The molecule has 2 aliphatic carbocycles. The third-order valence-electron chi connectivity index (χ3n) is 10.4. The number of ether oxygens (including phenoxy) is 1. The van der Waals surface area contributed by atoms with E-state index in [1.165, 1.54) is 19.3 Å². The van der Waals surface area contributed by atoms with Gasteiger partial charge in [-0.3, -0.25) is 4.79 Å². The monoisotopic (exact) mass is 664 g/mol. The molecular weight excluding hydrogens is 605 g/mol. The van der Waals surface area contributed by atoms with Crippen molar-refractivity contribution in [2.75, 3.05) is 0 Å². The summed E-state index contributed by atoms with van der Waals surface area (Å²) in [5.74, 6) is -0.0747. The largest absolute Gasteiger partial charge is 0.444 e. The zero-order valence-corrected chi connectivity index (χ0v) is 31.1. The first-order valence-electron chi connectivity index (χ1n) is 17.8. The molecule has 0 aliphatic heterocycles. The van der Waals surface area contributed by atoms with Crippen LogP contribution in [0.5, 0.6) is 0 Å². The molecule has 1 saturated carbocycles. The number of aliphatic hydroxyl groups excluding tert-OH is 1. The molecule has 5 atom stereocenters. The van der Waals surface area contributed by atoms with Gasteiger partial charge in [0.15, 0.2) is 8.32 Å². The van der Waals surface area contributed by atoms with Crippen LogP contribution in [0.3, 0.4) is 0 Å². The second kappa shape index (κ2) is 15.7. The lowest BCUT2D eigenvalue weighted by atomic mass is 9.82. The highest BCUT2D eigenvalue weighted by Gasteiger charge is 2.43. The molecule has 0 spiro atoms. The van der Waals surface area contributed by atoms with Crippen LogP contribution in [0, 0.1) is 11.8 Å². The van der Waals surface area contributed by atoms with E-state index in [2.05, 4.69) is 56.6 Å². The third-order valence-corrected chi connectivity index (χ3v) is 14.9. The maximum atomic E-state index is 14.4. The number of amides is 2. The zero-order chi connectivity index (χ0) is 34.4. The number of hydrogen-bond acceptors (Lipinski definition) is 5. The molecular formula is C39H60N2O5Si. The van der Waals surface area contributed by atoms with Crippen molar-refractivity contribution in [3.63, 3.8) is 0 Å². The molecule has 0 aromatic heterocycles. The Morgan fingerprint density at radius 2 is 1.57 bits per heavy atom. The molecule has 2 aliphatic rings. The van der Waals surface area contributed by atoms with E-state index in [1.54, 1.807) is 0 Å². The summed E-state index contributed by atoms with van der Waals surface area (Å²) < 4.78 is 13.0. The Morgan fingerprint density at radius 3 is 2.21 bits per heavy atom. The van der Waals surface area contributed by atoms with Gasteiger partial charge in [-0.1, -0.05) is 107 Å². The molecule has 2 aromatic carbocycles. The second-order valence-electron chi connectivity index (χ2n) is 16.5. The molecule has 47 heavy (non-hydrogen) atoms. The number of nitrogens with one attached hydrogen (secondary N) is 2. The van der Waals surface area contributed by atoms with Gasteiger partial charge < -0.3 is 24.9 Å². The van der Waals surface area contributed by atoms with E-state index < -0.39 is 44.2 Å². The molecule has 7 nitrogen and oxygen atoms in total. The van der Waals surface area contributed by atoms with Crippen molar-refractivity contribution in [3.05, 3.63) is 71.3 Å². The van der Waals surface area contributed by atoms with Crippen molar-refractivity contribution in [2.24, 2.45) is 11.8 Å². The lowest BCUT2D eigenvalue weighted by molar-refractivity contribution is -0.127. The highest BCUT2D eigenvalue weighted by Crippen LogP contribution is 2.40. The highest BCUT2D eigenvalue weighted by atomic mass is 28.4. The van der Waals surface area contributed by atoms with E-state index in [1.807, 2.05) is 63.2 Å². The van der Waals surface area contributed by atoms with Crippen LogP contribution in [0.1, 0.15) is 109 Å². The number of alkyl carbamates (subject to hydrolysis) is 1. The smallest absolute Gasteiger partial charge is 0.407 e. The van der Waals surface area contributed by atoms with Gasteiger partial charge in [-0.2, -0.15) is 0 Å². The van der Waals surface area contributed by atoms with Crippen LogP contribution in [-0.2, 0) is 26.8 Å². The molecule has 3 N–H and O–H groups in total. The number of carbonyl (C=O) groups excluding carboxylic acids is 2. The zero-order valence-electron chi connectivity index (χ0n) is 30.1. The average molecular weight is 665 g/mol. The Kier molecular flexibility index (Phi) is 12.4. The Balaban J connectivity index is 1.69. The summed E-state index contributed by atoms with van der Waals surface area (Å²) in [5.41, 5.74) is 2.47. The van der Waals surface area contributed by atoms with Crippen molar-refractivity contribution < 1.29 is 23.9 Å². The average Bonchev–Trinajstić information content (AvgIpc) is 3.30. The fourth-order valence-electron chi connectivity index (χ4n) is 6.88. The molecule has 1 fully saturated rings. The molecule has 4 rings (SSSR count). The molecule has 8 heteroatoms. The van der Waals surface area contributed by atoms with Crippen LogP contribution in [0.25, 0.3) is 0 Å². The minimum Gasteiger partial charge on any atom is -0.444 e. The van der Waals surface area contributed by atoms with Crippen LogP contribution >= 0.6 is 0 Å². The summed E-state index contributed by atoms with van der Waals surface area (Å²) in [6, 6.07) is 17.3. The first-order chi connectivity index (χ1) is 22.0. The van der Waals surface area contributed by atoms with Crippen molar-refractivity contribution in [2.45, 2.75) is 147 Å². The Morgan fingerprint density at radius 1 is 0.936 bits per heavy atom. The molecule has 2 aromatic rings. The quantitative estimate of drug-likeness (QED) is 0.199. The second-order valence-corrected chi connectivity index (χ2v) is 21.2. The van der Waals surface area contributed by atoms with Crippen LogP contribution in [0.2, 0.25) is 18.1 Å². The minimum absolute atomic E-state index is 0.0680. The molecule has 0 saturated heterocycles. The van der Waals surface area contributed by atoms with Gasteiger partial charge in [0.05, 0.1) is 24.3 Å². The number of hydrogen-bond donors (Lipinski definition) is 3. The number of fused-ring (bicyclic) bond motifs is 1. The van der Waals surface area contributed by atoms with E-state index in [-0.39, 0.29) is 17.0 Å². The molecule has 260 valence electrons. The minimum atomic E-state index is -2.35. The Labute approximate surface area is 284 Å². The summed E-state index contributed by atoms with van der Waals surface area (Å²) in [4.78, 5) is 27.8. The topological polar surface area (TPSA) is 96.9 Å². The van der Waals surface area contributed by atoms with Crippen molar-refractivity contribution in [1.82, 2.24) is 10.6 Å². The summed E-state index contributed by atoms with van der Waals surface area (Å²) in [5, 5.41) is 17.5. The fourth-order valence-corrected chi connectivity index (χ4v) is 8.25. The normalized spacial score (nSPS) is 21.0. The number of rotatable bonds is 12. The van der Waals surface area contributed by atoms with Crippen molar-refractivity contribution >= 4 is 20.3 Å². The van der Waals surface area contributed by atoms with Crippen molar-refractivity contribution in [3.8, 4) is 0 Å². The SMILES string of the molecule is CC(C)(C)OC(=O)N[C@@H](CC1CCCCC1)[C@H](C[C@@H](Cc1ccccc1)C(=O)N[C@H]1c2ccccc2C[C@H]1O)O[Si](C)(C)C(C)(C)C. The maximum absolute atomic E-state index is 14.4. The van der Waals surface area contributed by atoms with Crippen LogP contribution < -0.4 is 10.6 Å². The Hall–Kier alpha value is -2.68. The summed E-state index contributed by atoms with van der Waals surface area (Å²) in [6.07, 6.45) is 6.64. The van der Waals surface area contributed by atoms with E-state index in [9.17, 15) is 14.7 Å². The Bertz CT molecular complexity index is 1310. The third kappa shape index (κ3) is 10.7. The first-order valence-corrected chi connectivity index (χ1v) is 20.7. The van der Waals surface area contributed by atoms with Gasteiger partial charge in [0.2, 0.25) is 5.91 Å². The standard InChI is InChI=1S/C39H60N2O5Si/c1-38(2,3)45-37(44)40-32(24-28-19-13-10-14-20-28)34(46-47(7,8)39(4,5)6)26-30(23-27-17-11-9-12-18-27)36(43)41-35-31-22-16-15-21-29(31)25-33(35)42/h9,11-12,15-18,21-22,28,30,32-35,42H,10,13-14,19-20,23-26H2,1-8H3,(H,40,44)(H,41,43)/t30-,32+,33-,34+,35+/m1/s1. The van der Waals surface area contributed by atoms with Crippen molar-refractivity contribution in [1.29, 1.82) is 0 Å². The van der Waals surface area contributed by atoms with Gasteiger partial charge in [-0.15, -0.1) is 0 Å². The van der Waals surface area contributed by atoms with Crippen LogP contribution in [0.15, 0.2) is 54.6 Å². The van der Waals surface area contributed by atoms with E-state index >= 15 is 0 Å².